The van der Waals surface area contributed by atoms with Crippen LogP contribution < -0.4 is 0 Å². The highest BCUT2D eigenvalue weighted by atomic mass is 32.1. The Kier molecular flexibility index (Phi) is 1.65. The van der Waals surface area contributed by atoms with Crippen LogP contribution in [0, 0.1) is 41.4 Å². The van der Waals surface area contributed by atoms with Crippen molar-refractivity contribution in [3.63, 3.8) is 0 Å². The van der Waals surface area contributed by atoms with Gasteiger partial charge in [0.25, 0.3) is 0 Å². The van der Waals surface area contributed by atoms with Gasteiger partial charge < -0.3 is 0 Å². The summed E-state index contributed by atoms with van der Waals surface area (Å²) in [6, 6.07) is 0. The fourth-order valence-electron chi connectivity index (χ4n) is 5.91. The van der Waals surface area contributed by atoms with Crippen LogP contribution in [-0.2, 0) is 0 Å². The van der Waals surface area contributed by atoms with Gasteiger partial charge in [-0.05, 0) is 79.3 Å². The lowest BCUT2D eigenvalue weighted by Crippen LogP contribution is -2.33. The van der Waals surface area contributed by atoms with Crippen LogP contribution in [0.15, 0.2) is 0 Å². The van der Waals surface area contributed by atoms with Gasteiger partial charge in [-0.25, -0.2) is 0 Å². The minimum absolute atomic E-state index is 1.00. The van der Waals surface area contributed by atoms with E-state index in [1.54, 1.807) is 32.1 Å². The second kappa shape index (κ2) is 2.72. The van der Waals surface area contributed by atoms with Crippen LogP contribution >= 0.6 is 12.6 Å². The molecule has 0 heterocycles. The molecule has 4 rings (SSSR count). The van der Waals surface area contributed by atoms with Crippen molar-refractivity contribution in [2.45, 2.75) is 32.1 Å². The van der Waals surface area contributed by atoms with E-state index in [4.69, 9.17) is 0 Å². The third-order valence-electron chi connectivity index (χ3n) is 6.11. The summed E-state index contributed by atoms with van der Waals surface area (Å²) in [4.78, 5) is 0. The summed E-state index contributed by atoms with van der Waals surface area (Å²) in [5.41, 5.74) is 0. The van der Waals surface area contributed by atoms with E-state index in [1.165, 1.54) is 23.5 Å². The highest BCUT2D eigenvalue weighted by Gasteiger charge is 2.61. The van der Waals surface area contributed by atoms with E-state index >= 15 is 0 Å². The second-order valence-corrected chi connectivity index (χ2v) is 6.69. The predicted molar refractivity (Wildman–Crippen MR) is 61.4 cm³/mol. The summed E-state index contributed by atoms with van der Waals surface area (Å²) in [6.45, 7) is 0. The second-order valence-electron chi connectivity index (χ2n) is 6.33. The summed E-state index contributed by atoms with van der Waals surface area (Å²) < 4.78 is 0. The molecule has 0 aromatic carbocycles. The molecule has 0 aromatic heterocycles. The maximum Gasteiger partial charge on any atom is -0.00666 e. The highest BCUT2D eigenvalue weighted by Crippen LogP contribution is 2.68. The Hall–Kier alpha value is 0.350. The monoisotopic (exact) mass is 208 g/mol. The molecule has 1 heteroatoms. The summed E-state index contributed by atoms with van der Waals surface area (Å²) >= 11 is 4.55. The third kappa shape index (κ3) is 0.847. The van der Waals surface area contributed by atoms with Gasteiger partial charge in [-0.15, -0.1) is 0 Å². The Bertz CT molecular complexity index is 262. The molecule has 0 aromatic rings. The third-order valence-corrected chi connectivity index (χ3v) is 6.58. The van der Waals surface area contributed by atoms with Crippen molar-refractivity contribution in [1.29, 1.82) is 0 Å². The summed E-state index contributed by atoms with van der Waals surface area (Å²) in [5.74, 6) is 9.10. The lowest BCUT2D eigenvalue weighted by molar-refractivity contribution is 0.114. The van der Waals surface area contributed by atoms with Gasteiger partial charge in [0.2, 0.25) is 0 Å². The minimum atomic E-state index is 1.00. The van der Waals surface area contributed by atoms with Gasteiger partial charge in [-0.1, -0.05) is 0 Å². The van der Waals surface area contributed by atoms with E-state index in [0.29, 0.717) is 0 Å². The van der Waals surface area contributed by atoms with Gasteiger partial charge in [-0.2, -0.15) is 12.6 Å². The van der Waals surface area contributed by atoms with Crippen LogP contribution in [0.3, 0.4) is 0 Å². The molecule has 4 fully saturated rings. The molecule has 78 valence electrons. The molecule has 0 aliphatic heterocycles. The normalized spacial score (nSPS) is 63.6. The molecule has 0 radical (unpaired) electrons. The molecule has 4 aliphatic carbocycles. The summed E-state index contributed by atoms with van der Waals surface area (Å²) in [5, 5.41) is 0. The number of rotatable bonds is 1. The smallest absolute Gasteiger partial charge is 0.00666 e. The fourth-order valence-corrected chi connectivity index (χ4v) is 6.33. The van der Waals surface area contributed by atoms with Gasteiger partial charge in [0.05, 0.1) is 0 Å². The molecule has 7 unspecified atom stereocenters. The van der Waals surface area contributed by atoms with Crippen molar-refractivity contribution in [3.05, 3.63) is 0 Å². The first-order chi connectivity index (χ1) is 6.88. The van der Waals surface area contributed by atoms with Gasteiger partial charge in [0.15, 0.2) is 0 Å². The van der Waals surface area contributed by atoms with Gasteiger partial charge >= 0.3 is 0 Å². The first-order valence-electron chi connectivity index (χ1n) is 6.49. The fraction of sp³-hybridized carbons (Fsp3) is 1.00. The highest BCUT2D eigenvalue weighted by molar-refractivity contribution is 7.80. The first kappa shape index (κ1) is 8.50. The maximum absolute atomic E-state index is 4.55. The minimum Gasteiger partial charge on any atom is -0.179 e. The molecule has 0 N–H and O–H groups in total. The number of hydrogen-bond donors (Lipinski definition) is 1. The zero-order valence-electron chi connectivity index (χ0n) is 8.73. The maximum atomic E-state index is 4.55. The molecular formula is C13H20S. The standard InChI is InChI=1S/C13H20S/c14-6-10-4-9-5-11(10)13-8-2-1-7(3-8)12(9)13/h7-14H,1-6H2. The van der Waals surface area contributed by atoms with Crippen molar-refractivity contribution in [3.8, 4) is 0 Å². The molecule has 0 nitrogen and oxygen atoms in total. The number of hydrogen-bond acceptors (Lipinski definition) is 1. The Morgan fingerprint density at radius 3 is 2.43 bits per heavy atom. The van der Waals surface area contributed by atoms with E-state index in [-0.39, 0.29) is 0 Å². The van der Waals surface area contributed by atoms with Gasteiger partial charge in [0, 0.05) is 0 Å². The van der Waals surface area contributed by atoms with Crippen molar-refractivity contribution in [2.24, 2.45) is 41.4 Å². The van der Waals surface area contributed by atoms with Gasteiger partial charge in [-0.3, -0.25) is 0 Å². The Morgan fingerprint density at radius 2 is 1.64 bits per heavy atom. The molecule has 14 heavy (non-hydrogen) atoms. The topological polar surface area (TPSA) is 0 Å². The average molecular weight is 208 g/mol. The average Bonchev–Trinajstić information content (AvgIpc) is 2.94. The van der Waals surface area contributed by atoms with Crippen LogP contribution in [0.4, 0.5) is 0 Å². The molecule has 0 amide bonds. The zero-order valence-corrected chi connectivity index (χ0v) is 9.63. The number of thiol groups is 1. The molecule has 0 spiro atoms. The van der Waals surface area contributed by atoms with Crippen molar-refractivity contribution in [1.82, 2.24) is 0 Å². The molecule has 4 bridgehead atoms. The Labute approximate surface area is 92.3 Å². The van der Waals surface area contributed by atoms with Crippen molar-refractivity contribution in [2.75, 3.05) is 5.75 Å². The summed E-state index contributed by atoms with van der Waals surface area (Å²) in [7, 11) is 0. The zero-order chi connectivity index (χ0) is 9.28. The van der Waals surface area contributed by atoms with E-state index in [1.807, 2.05) is 0 Å². The Balaban J connectivity index is 1.68. The van der Waals surface area contributed by atoms with Crippen LogP contribution in [0.25, 0.3) is 0 Å². The van der Waals surface area contributed by atoms with E-state index in [0.717, 1.165) is 23.7 Å². The number of fused-ring (bicyclic) bond motifs is 9. The lowest BCUT2D eigenvalue weighted by atomic mass is 9.68. The van der Waals surface area contributed by atoms with Crippen LogP contribution in [0.5, 0.6) is 0 Å². The van der Waals surface area contributed by atoms with E-state index in [2.05, 4.69) is 12.6 Å². The van der Waals surface area contributed by atoms with E-state index in [9.17, 15) is 0 Å². The Morgan fingerprint density at radius 1 is 0.857 bits per heavy atom. The quantitative estimate of drug-likeness (QED) is 0.496. The van der Waals surface area contributed by atoms with Crippen molar-refractivity contribution < 1.29 is 0 Å². The largest absolute Gasteiger partial charge is 0.179 e. The van der Waals surface area contributed by atoms with Crippen LogP contribution in [-0.4, -0.2) is 5.75 Å². The van der Waals surface area contributed by atoms with Crippen LogP contribution in [0.2, 0.25) is 0 Å². The van der Waals surface area contributed by atoms with Crippen molar-refractivity contribution >= 4 is 12.6 Å². The summed E-state index contributed by atoms with van der Waals surface area (Å²) in [6.07, 6.45) is 7.91. The lowest BCUT2D eigenvalue weighted by Gasteiger charge is -2.38. The SMILES string of the molecule is SCC1CC2CC1C1C3CCC(C3)C21. The van der Waals surface area contributed by atoms with E-state index < -0.39 is 0 Å². The molecule has 7 atom stereocenters. The van der Waals surface area contributed by atoms with Gasteiger partial charge in [0.1, 0.15) is 0 Å². The molecule has 4 aliphatic rings. The predicted octanol–water partition coefficient (Wildman–Crippen LogP) is 3.23. The molecule has 4 saturated carbocycles. The van der Waals surface area contributed by atoms with Crippen LogP contribution in [0.1, 0.15) is 32.1 Å². The first-order valence-corrected chi connectivity index (χ1v) is 7.12. The molecular weight excluding hydrogens is 188 g/mol. The molecule has 0 saturated heterocycles.